The Hall–Kier alpha value is -1.44. The summed E-state index contributed by atoms with van der Waals surface area (Å²) in [5.41, 5.74) is 1.92. The summed E-state index contributed by atoms with van der Waals surface area (Å²) in [6.45, 7) is 3.52. The fourth-order valence-electron chi connectivity index (χ4n) is 1.73. The molecule has 5 nitrogen and oxygen atoms in total. The molecule has 0 bridgehead atoms. The minimum Gasteiger partial charge on any atom is -0.381 e. The number of hydrogen-bond acceptors (Lipinski definition) is 6. The molecule has 0 aliphatic heterocycles. The molecule has 0 saturated heterocycles. The summed E-state index contributed by atoms with van der Waals surface area (Å²) in [7, 11) is 0. The third-order valence-corrected chi connectivity index (χ3v) is 4.66. The molecule has 104 valence electrons. The lowest BCUT2D eigenvalue weighted by Crippen LogP contribution is -1.95. The summed E-state index contributed by atoms with van der Waals surface area (Å²) in [6.07, 6.45) is 5.51. The Morgan fingerprint density at radius 1 is 1.45 bits per heavy atom. The van der Waals surface area contributed by atoms with E-state index < -0.39 is 0 Å². The van der Waals surface area contributed by atoms with E-state index in [1.807, 2.05) is 36.0 Å². The number of thioether (sulfide) groups is 1. The third-order valence-electron chi connectivity index (χ3n) is 2.64. The molecule has 0 radical (unpaired) electrons. The van der Waals surface area contributed by atoms with Gasteiger partial charge in [0, 0.05) is 30.3 Å². The molecule has 0 saturated carbocycles. The largest absolute Gasteiger partial charge is 0.381 e. The van der Waals surface area contributed by atoms with Gasteiger partial charge in [-0.05, 0) is 19.1 Å². The molecule has 3 aromatic heterocycles. The predicted octanol–water partition coefficient (Wildman–Crippen LogP) is 2.98. The monoisotopic (exact) mass is 306 g/mol. The van der Waals surface area contributed by atoms with Gasteiger partial charge in [0.15, 0.2) is 4.34 Å². The highest BCUT2D eigenvalue weighted by Gasteiger charge is 2.09. The van der Waals surface area contributed by atoms with Crippen LogP contribution in [0, 0.1) is 0 Å². The zero-order chi connectivity index (χ0) is 13.8. The quantitative estimate of drug-likeness (QED) is 0.517. The van der Waals surface area contributed by atoms with Gasteiger partial charge in [0.25, 0.3) is 0 Å². The number of ether oxygens (including phenoxy) is 1. The highest BCUT2D eigenvalue weighted by Crippen LogP contribution is 2.27. The van der Waals surface area contributed by atoms with Gasteiger partial charge in [-0.3, -0.25) is 4.98 Å². The van der Waals surface area contributed by atoms with Crippen molar-refractivity contribution in [3.05, 3.63) is 30.7 Å². The van der Waals surface area contributed by atoms with Gasteiger partial charge in [-0.2, -0.15) is 0 Å². The van der Waals surface area contributed by atoms with E-state index in [0.29, 0.717) is 0 Å². The number of fused-ring (bicyclic) bond motifs is 1. The van der Waals surface area contributed by atoms with Gasteiger partial charge < -0.3 is 4.74 Å². The molecule has 0 N–H and O–H groups in total. The summed E-state index contributed by atoms with van der Waals surface area (Å²) in [5.74, 6) is 0.917. The second-order valence-electron chi connectivity index (χ2n) is 4.01. The molecule has 0 fully saturated rings. The minimum atomic E-state index is 0.754. The fourth-order valence-corrected chi connectivity index (χ4v) is 3.57. The summed E-state index contributed by atoms with van der Waals surface area (Å²) in [4.78, 5) is 9.59. The average Bonchev–Trinajstić information content (AvgIpc) is 3.03. The average molecular weight is 306 g/mol. The van der Waals surface area contributed by atoms with Crippen molar-refractivity contribution in [1.82, 2.24) is 19.6 Å². The Morgan fingerprint density at radius 2 is 2.40 bits per heavy atom. The van der Waals surface area contributed by atoms with Gasteiger partial charge in [-0.15, -0.1) is 5.10 Å². The Balaban J connectivity index is 1.73. The third kappa shape index (κ3) is 3.00. The van der Waals surface area contributed by atoms with Crippen LogP contribution < -0.4 is 0 Å². The van der Waals surface area contributed by atoms with E-state index >= 15 is 0 Å². The minimum absolute atomic E-state index is 0.754. The number of pyridine rings is 1. The Labute approximate surface area is 125 Å². The number of rotatable bonds is 6. The number of nitrogens with zero attached hydrogens (tertiary/aromatic N) is 4. The van der Waals surface area contributed by atoms with Crippen molar-refractivity contribution < 1.29 is 4.74 Å². The first-order chi connectivity index (χ1) is 9.86. The maximum Gasteiger partial charge on any atom is 0.213 e. The molecule has 3 heterocycles. The van der Waals surface area contributed by atoms with Crippen LogP contribution in [0.3, 0.4) is 0 Å². The van der Waals surface area contributed by atoms with Crippen LogP contribution >= 0.6 is 23.1 Å². The molecular formula is C13H14N4OS2. The molecule has 0 aliphatic carbocycles. The van der Waals surface area contributed by atoms with Gasteiger partial charge in [-0.1, -0.05) is 23.1 Å². The second-order valence-corrected chi connectivity index (χ2v) is 6.31. The zero-order valence-electron chi connectivity index (χ0n) is 11.0. The van der Waals surface area contributed by atoms with Crippen molar-refractivity contribution in [2.24, 2.45) is 0 Å². The van der Waals surface area contributed by atoms with Crippen LogP contribution in [0.25, 0.3) is 16.2 Å². The van der Waals surface area contributed by atoms with Gasteiger partial charge in [0.1, 0.15) is 0 Å². The van der Waals surface area contributed by atoms with Crippen molar-refractivity contribution in [2.75, 3.05) is 19.0 Å². The SMILES string of the molecule is CCOCCSc1nn2cc(-c3cccnc3)nc2s1. The lowest BCUT2D eigenvalue weighted by atomic mass is 10.2. The highest BCUT2D eigenvalue weighted by atomic mass is 32.2. The molecule has 3 aromatic rings. The van der Waals surface area contributed by atoms with E-state index in [-0.39, 0.29) is 0 Å². The Morgan fingerprint density at radius 3 is 3.15 bits per heavy atom. The Kier molecular flexibility index (Phi) is 4.29. The predicted molar refractivity (Wildman–Crippen MR) is 81.3 cm³/mol. The van der Waals surface area contributed by atoms with Gasteiger partial charge in [0.05, 0.1) is 18.5 Å². The molecular weight excluding hydrogens is 292 g/mol. The van der Waals surface area contributed by atoms with E-state index in [4.69, 9.17) is 4.74 Å². The summed E-state index contributed by atoms with van der Waals surface area (Å²) < 4.78 is 8.16. The molecule has 0 aromatic carbocycles. The van der Waals surface area contributed by atoms with Crippen LogP contribution in [-0.2, 0) is 4.74 Å². The molecule has 3 rings (SSSR count). The van der Waals surface area contributed by atoms with Gasteiger partial charge >= 0.3 is 0 Å². The normalized spacial score (nSPS) is 11.2. The lowest BCUT2D eigenvalue weighted by Gasteiger charge is -1.97. The molecule has 0 aliphatic rings. The molecule has 0 unspecified atom stereocenters. The van der Waals surface area contributed by atoms with Crippen molar-refractivity contribution in [2.45, 2.75) is 11.3 Å². The lowest BCUT2D eigenvalue weighted by molar-refractivity contribution is 0.164. The van der Waals surface area contributed by atoms with E-state index in [2.05, 4.69) is 15.1 Å². The van der Waals surface area contributed by atoms with Crippen molar-refractivity contribution in [1.29, 1.82) is 0 Å². The topological polar surface area (TPSA) is 52.3 Å². The number of aromatic nitrogens is 4. The molecule has 0 spiro atoms. The smallest absolute Gasteiger partial charge is 0.213 e. The molecule has 20 heavy (non-hydrogen) atoms. The van der Waals surface area contributed by atoms with Crippen LogP contribution in [0.4, 0.5) is 0 Å². The summed E-state index contributed by atoms with van der Waals surface area (Å²) in [6, 6.07) is 3.91. The van der Waals surface area contributed by atoms with E-state index in [1.165, 1.54) is 0 Å². The van der Waals surface area contributed by atoms with Crippen molar-refractivity contribution in [3.63, 3.8) is 0 Å². The van der Waals surface area contributed by atoms with Gasteiger partial charge in [0.2, 0.25) is 4.96 Å². The van der Waals surface area contributed by atoms with Crippen LogP contribution in [0.2, 0.25) is 0 Å². The van der Waals surface area contributed by atoms with Crippen LogP contribution in [-0.4, -0.2) is 38.5 Å². The summed E-state index contributed by atoms with van der Waals surface area (Å²) in [5, 5.41) is 4.52. The first kappa shape index (κ1) is 13.5. The van der Waals surface area contributed by atoms with Crippen molar-refractivity contribution in [3.8, 4) is 11.3 Å². The maximum atomic E-state index is 5.31. The fraction of sp³-hybridized carbons (Fsp3) is 0.308. The molecule has 0 atom stereocenters. The van der Waals surface area contributed by atoms with Crippen LogP contribution in [0.1, 0.15) is 6.92 Å². The number of imidazole rings is 1. The zero-order valence-corrected chi connectivity index (χ0v) is 12.7. The van der Waals surface area contributed by atoms with E-state index in [1.54, 1.807) is 29.3 Å². The standard InChI is InChI=1S/C13H14N4OS2/c1-2-18-6-7-19-13-16-17-9-11(15-12(17)20-13)10-4-3-5-14-8-10/h3-5,8-9H,2,6-7H2,1H3. The second kappa shape index (κ2) is 6.34. The maximum absolute atomic E-state index is 5.31. The molecule has 0 amide bonds. The van der Waals surface area contributed by atoms with E-state index in [9.17, 15) is 0 Å². The van der Waals surface area contributed by atoms with E-state index in [0.717, 1.165) is 39.5 Å². The highest BCUT2D eigenvalue weighted by molar-refractivity contribution is 8.01. The molecule has 7 heteroatoms. The Bertz CT molecular complexity index is 649. The first-order valence-corrected chi connectivity index (χ1v) is 8.14. The van der Waals surface area contributed by atoms with Gasteiger partial charge in [-0.25, -0.2) is 9.50 Å². The van der Waals surface area contributed by atoms with Crippen LogP contribution in [0.5, 0.6) is 0 Å². The first-order valence-electron chi connectivity index (χ1n) is 6.34. The number of hydrogen-bond donors (Lipinski definition) is 0. The summed E-state index contributed by atoms with van der Waals surface area (Å²) >= 11 is 3.30. The van der Waals surface area contributed by atoms with Crippen LogP contribution in [0.15, 0.2) is 35.1 Å². The van der Waals surface area contributed by atoms with Crippen molar-refractivity contribution >= 4 is 28.1 Å².